The van der Waals surface area contributed by atoms with Crippen molar-refractivity contribution in [2.45, 2.75) is 70.1 Å². The highest BCUT2D eigenvalue weighted by Crippen LogP contribution is 2.38. The SMILES string of the molecule is C[C@@H]1CC[C@@H](Nc2ncc3nc(Nc4c(F)ccc(Cl)c4F)n([C@H]4CC[C@H](C(N)=O)CC4)c3n2)C[C@H]1O. The van der Waals surface area contributed by atoms with Crippen molar-refractivity contribution in [2.75, 3.05) is 10.6 Å². The zero-order valence-electron chi connectivity index (χ0n) is 20.4. The molecule has 0 radical (unpaired) electrons. The van der Waals surface area contributed by atoms with Crippen LogP contribution in [0.2, 0.25) is 5.02 Å². The van der Waals surface area contributed by atoms with E-state index in [2.05, 4.69) is 20.6 Å². The summed E-state index contributed by atoms with van der Waals surface area (Å²) in [5.41, 5.74) is 6.05. The van der Waals surface area contributed by atoms with E-state index in [1.807, 2.05) is 11.5 Å². The van der Waals surface area contributed by atoms with E-state index in [1.165, 1.54) is 0 Å². The summed E-state index contributed by atoms with van der Waals surface area (Å²) in [5, 5.41) is 16.2. The number of rotatable bonds is 6. The number of primary amides is 1. The van der Waals surface area contributed by atoms with Gasteiger partial charge in [0.05, 0.1) is 17.3 Å². The Balaban J connectivity index is 1.51. The number of nitrogens with zero attached hydrogens (tertiary/aromatic N) is 4. The van der Waals surface area contributed by atoms with E-state index in [-0.39, 0.29) is 46.9 Å². The molecule has 2 aliphatic carbocycles. The minimum atomic E-state index is -0.920. The largest absolute Gasteiger partial charge is 0.393 e. The summed E-state index contributed by atoms with van der Waals surface area (Å²) in [5.74, 6) is -1.43. The number of benzene rings is 1. The van der Waals surface area contributed by atoms with Gasteiger partial charge in [-0.1, -0.05) is 18.5 Å². The van der Waals surface area contributed by atoms with Gasteiger partial charge in [0.15, 0.2) is 11.5 Å². The Morgan fingerprint density at radius 1 is 1.16 bits per heavy atom. The lowest BCUT2D eigenvalue weighted by Crippen LogP contribution is -2.35. The summed E-state index contributed by atoms with van der Waals surface area (Å²) in [6.45, 7) is 2.04. The topological polar surface area (TPSA) is 131 Å². The van der Waals surface area contributed by atoms with Gasteiger partial charge in [0, 0.05) is 18.0 Å². The smallest absolute Gasteiger partial charge is 0.224 e. The lowest BCUT2D eigenvalue weighted by molar-refractivity contribution is -0.122. The number of hydrogen-bond donors (Lipinski definition) is 4. The fourth-order valence-corrected chi connectivity index (χ4v) is 5.54. The standard InChI is InChI=1S/C25H30ClF2N7O2/c1-12-2-5-14(10-19(12)36)31-24-30-11-18-23(34-24)35(15-6-3-13(4-7-15)22(29)37)25(32-18)33-21-17(27)9-8-16(26)20(21)28/h8-9,11-15,19,36H,2-7,10H2,1H3,(H2,29,37)(H,32,33)(H,30,31,34)/t12-,13-,14-,15-,19-/m1/s1. The summed E-state index contributed by atoms with van der Waals surface area (Å²) in [7, 11) is 0. The molecule has 3 aromatic rings. The molecular formula is C25H30ClF2N7O2. The molecule has 12 heteroatoms. The minimum absolute atomic E-state index is 0.0262. The molecule has 0 saturated heterocycles. The molecule has 2 fully saturated rings. The van der Waals surface area contributed by atoms with Crippen LogP contribution in [0.3, 0.4) is 0 Å². The van der Waals surface area contributed by atoms with Crippen molar-refractivity contribution >= 4 is 46.3 Å². The van der Waals surface area contributed by atoms with Gasteiger partial charge < -0.3 is 21.5 Å². The van der Waals surface area contributed by atoms with E-state index in [4.69, 9.17) is 22.3 Å². The molecule has 37 heavy (non-hydrogen) atoms. The highest BCUT2D eigenvalue weighted by Gasteiger charge is 2.30. The number of amides is 1. The Labute approximate surface area is 217 Å². The van der Waals surface area contributed by atoms with Crippen molar-refractivity contribution in [2.24, 2.45) is 17.6 Å². The number of hydrogen-bond acceptors (Lipinski definition) is 7. The average Bonchev–Trinajstić information content (AvgIpc) is 3.23. The number of aliphatic hydroxyl groups excluding tert-OH is 1. The number of nitrogens with two attached hydrogens (primary N) is 1. The highest BCUT2D eigenvalue weighted by atomic mass is 35.5. The molecule has 9 nitrogen and oxygen atoms in total. The van der Waals surface area contributed by atoms with Crippen LogP contribution >= 0.6 is 11.6 Å². The van der Waals surface area contributed by atoms with E-state index in [9.17, 15) is 18.7 Å². The van der Waals surface area contributed by atoms with Crippen molar-refractivity contribution in [1.82, 2.24) is 19.5 Å². The molecule has 3 atom stereocenters. The first-order valence-corrected chi connectivity index (χ1v) is 13.0. The molecule has 0 unspecified atom stereocenters. The van der Waals surface area contributed by atoms with Crippen molar-refractivity contribution in [1.29, 1.82) is 0 Å². The first kappa shape index (κ1) is 25.6. The van der Waals surface area contributed by atoms with Crippen molar-refractivity contribution in [3.63, 3.8) is 0 Å². The second-order valence-corrected chi connectivity index (χ2v) is 10.6. The first-order valence-electron chi connectivity index (χ1n) is 12.6. The summed E-state index contributed by atoms with van der Waals surface area (Å²) < 4.78 is 31.1. The molecule has 198 valence electrons. The first-order chi connectivity index (χ1) is 17.7. The van der Waals surface area contributed by atoms with Crippen LogP contribution in [-0.2, 0) is 4.79 Å². The van der Waals surface area contributed by atoms with Crippen LogP contribution in [-0.4, -0.2) is 42.7 Å². The number of carbonyl (C=O) groups is 1. The Hall–Kier alpha value is -3.05. The van der Waals surface area contributed by atoms with Crippen LogP contribution in [0.1, 0.15) is 57.9 Å². The van der Waals surface area contributed by atoms with Crippen LogP contribution in [0.5, 0.6) is 0 Å². The quantitative estimate of drug-likeness (QED) is 0.338. The molecule has 1 aromatic carbocycles. The second-order valence-electron chi connectivity index (χ2n) is 10.2. The number of aromatic nitrogens is 4. The number of carbonyl (C=O) groups excluding carboxylic acids is 1. The van der Waals surface area contributed by atoms with E-state index in [0.29, 0.717) is 49.2 Å². The Kier molecular flexibility index (Phi) is 7.17. The van der Waals surface area contributed by atoms with Crippen LogP contribution in [0.4, 0.5) is 26.4 Å². The van der Waals surface area contributed by atoms with E-state index in [0.717, 1.165) is 25.0 Å². The zero-order chi connectivity index (χ0) is 26.3. The summed E-state index contributed by atoms with van der Waals surface area (Å²) >= 11 is 5.90. The molecular weight excluding hydrogens is 504 g/mol. The van der Waals surface area contributed by atoms with Crippen molar-refractivity contribution in [3.05, 3.63) is 35.0 Å². The van der Waals surface area contributed by atoms with Gasteiger partial charge in [-0.3, -0.25) is 9.36 Å². The third-order valence-electron chi connectivity index (χ3n) is 7.66. The summed E-state index contributed by atoms with van der Waals surface area (Å²) in [6, 6.07) is 2.13. The lowest BCUT2D eigenvalue weighted by Gasteiger charge is -2.31. The molecule has 1 amide bonds. The molecule has 0 bridgehead atoms. The van der Waals surface area contributed by atoms with Crippen molar-refractivity contribution < 1.29 is 18.7 Å². The van der Waals surface area contributed by atoms with Crippen LogP contribution in [0.25, 0.3) is 11.2 Å². The van der Waals surface area contributed by atoms with Gasteiger partial charge in [0.1, 0.15) is 17.0 Å². The van der Waals surface area contributed by atoms with Gasteiger partial charge in [0.25, 0.3) is 0 Å². The van der Waals surface area contributed by atoms with Gasteiger partial charge in [0.2, 0.25) is 17.8 Å². The van der Waals surface area contributed by atoms with Crippen LogP contribution in [0.15, 0.2) is 18.3 Å². The van der Waals surface area contributed by atoms with Crippen LogP contribution in [0, 0.1) is 23.5 Å². The predicted molar refractivity (Wildman–Crippen MR) is 137 cm³/mol. The fourth-order valence-electron chi connectivity index (χ4n) is 5.38. The van der Waals surface area contributed by atoms with E-state index >= 15 is 0 Å². The van der Waals surface area contributed by atoms with E-state index < -0.39 is 17.3 Å². The minimum Gasteiger partial charge on any atom is -0.393 e. The maximum Gasteiger partial charge on any atom is 0.224 e. The molecule has 2 aliphatic rings. The number of imidazole rings is 1. The molecule has 2 heterocycles. The summed E-state index contributed by atoms with van der Waals surface area (Å²) in [4.78, 5) is 25.4. The van der Waals surface area contributed by atoms with Gasteiger partial charge in [-0.15, -0.1) is 0 Å². The molecule has 2 aromatic heterocycles. The van der Waals surface area contributed by atoms with Gasteiger partial charge in [-0.2, -0.15) is 4.98 Å². The normalized spacial score (nSPS) is 26.2. The molecule has 2 saturated carbocycles. The highest BCUT2D eigenvalue weighted by molar-refractivity contribution is 6.31. The summed E-state index contributed by atoms with van der Waals surface area (Å²) in [6.07, 6.45) is 5.97. The zero-order valence-corrected chi connectivity index (χ0v) is 21.2. The Bertz CT molecular complexity index is 1310. The number of aliphatic hydroxyl groups is 1. The maximum atomic E-state index is 14.7. The average molecular weight is 534 g/mol. The van der Waals surface area contributed by atoms with E-state index in [1.54, 1.807) is 6.20 Å². The fraction of sp³-hybridized carbons (Fsp3) is 0.520. The number of halogens is 3. The number of fused-ring (bicyclic) bond motifs is 1. The molecule has 0 spiro atoms. The lowest BCUT2D eigenvalue weighted by atomic mass is 9.85. The Morgan fingerprint density at radius 3 is 2.62 bits per heavy atom. The predicted octanol–water partition coefficient (Wildman–Crippen LogP) is 4.68. The molecule has 5 rings (SSSR count). The van der Waals surface area contributed by atoms with Gasteiger partial charge in [-0.05, 0) is 63.0 Å². The third kappa shape index (κ3) is 5.19. The molecule has 5 N–H and O–H groups in total. The molecule has 0 aliphatic heterocycles. The maximum absolute atomic E-state index is 14.7. The van der Waals surface area contributed by atoms with Crippen LogP contribution < -0.4 is 16.4 Å². The monoisotopic (exact) mass is 533 g/mol. The second kappa shape index (κ2) is 10.4. The van der Waals surface area contributed by atoms with Gasteiger partial charge in [-0.25, -0.2) is 18.7 Å². The van der Waals surface area contributed by atoms with Gasteiger partial charge >= 0.3 is 0 Å². The number of nitrogens with one attached hydrogen (secondary N) is 2. The third-order valence-corrected chi connectivity index (χ3v) is 7.96. The Morgan fingerprint density at radius 2 is 1.92 bits per heavy atom. The number of anilines is 3. The van der Waals surface area contributed by atoms with Crippen molar-refractivity contribution in [3.8, 4) is 0 Å².